The molecule has 0 aromatic heterocycles. The predicted octanol–water partition coefficient (Wildman–Crippen LogP) is 4.48. The highest BCUT2D eigenvalue weighted by Gasteiger charge is 2.07. The van der Waals surface area contributed by atoms with E-state index < -0.39 is 0 Å². The molecular formula is C16H25NO2. The Labute approximate surface area is 116 Å². The molecule has 3 heteroatoms. The van der Waals surface area contributed by atoms with Gasteiger partial charge in [-0.05, 0) is 31.4 Å². The summed E-state index contributed by atoms with van der Waals surface area (Å²) in [7, 11) is 0. The Balaban J connectivity index is 2.57. The molecule has 0 fully saturated rings. The predicted molar refractivity (Wildman–Crippen MR) is 79.2 cm³/mol. The Kier molecular flexibility index (Phi) is 7.01. The maximum atomic E-state index is 8.78. The van der Waals surface area contributed by atoms with Crippen molar-refractivity contribution in [2.24, 2.45) is 11.1 Å². The Morgan fingerprint density at radius 3 is 2.79 bits per heavy atom. The Morgan fingerprint density at radius 1 is 1.37 bits per heavy atom. The summed E-state index contributed by atoms with van der Waals surface area (Å²) in [5, 5.41) is 12.0. The molecule has 0 saturated carbocycles. The van der Waals surface area contributed by atoms with Crippen molar-refractivity contribution in [3.63, 3.8) is 0 Å². The van der Waals surface area contributed by atoms with E-state index in [0.717, 1.165) is 24.3 Å². The standard InChI is InChI=1S/C16H25NO2/c1-4-6-8-14(5-2)12-19-16-10-7-9-15(11-16)13(3)17-18/h7,9-11,14,18H,4-6,8,12H2,1-3H3. The molecule has 1 rings (SSSR count). The molecule has 0 aliphatic rings. The van der Waals surface area contributed by atoms with E-state index in [4.69, 9.17) is 9.94 Å². The number of benzene rings is 1. The van der Waals surface area contributed by atoms with Crippen LogP contribution in [-0.2, 0) is 0 Å². The van der Waals surface area contributed by atoms with Gasteiger partial charge in [0.15, 0.2) is 0 Å². The molecule has 1 N–H and O–H groups in total. The summed E-state index contributed by atoms with van der Waals surface area (Å²) in [5.41, 5.74) is 1.49. The van der Waals surface area contributed by atoms with Crippen LogP contribution >= 0.6 is 0 Å². The first-order valence-electron chi connectivity index (χ1n) is 7.13. The highest BCUT2D eigenvalue weighted by Crippen LogP contribution is 2.18. The molecule has 0 aliphatic carbocycles. The minimum Gasteiger partial charge on any atom is -0.493 e. The van der Waals surface area contributed by atoms with Crippen LogP contribution in [0.25, 0.3) is 0 Å². The SMILES string of the molecule is CCCCC(CC)COc1cccc(C(C)=NO)c1. The molecular weight excluding hydrogens is 238 g/mol. The molecule has 19 heavy (non-hydrogen) atoms. The van der Waals surface area contributed by atoms with Crippen molar-refractivity contribution in [1.82, 2.24) is 0 Å². The number of hydrogen-bond donors (Lipinski definition) is 1. The van der Waals surface area contributed by atoms with E-state index in [1.807, 2.05) is 24.3 Å². The first-order chi connectivity index (χ1) is 9.21. The molecule has 0 heterocycles. The van der Waals surface area contributed by atoms with Gasteiger partial charge >= 0.3 is 0 Å². The van der Waals surface area contributed by atoms with Gasteiger partial charge in [-0.15, -0.1) is 0 Å². The van der Waals surface area contributed by atoms with Crippen LogP contribution < -0.4 is 4.74 Å². The van der Waals surface area contributed by atoms with Crippen LogP contribution in [0.1, 0.15) is 52.0 Å². The van der Waals surface area contributed by atoms with Gasteiger partial charge in [0.1, 0.15) is 5.75 Å². The summed E-state index contributed by atoms with van der Waals surface area (Å²) in [4.78, 5) is 0. The Morgan fingerprint density at radius 2 is 2.16 bits per heavy atom. The first kappa shape index (κ1) is 15.5. The summed E-state index contributed by atoms with van der Waals surface area (Å²) >= 11 is 0. The van der Waals surface area contributed by atoms with Crippen molar-refractivity contribution in [3.05, 3.63) is 29.8 Å². The van der Waals surface area contributed by atoms with Crippen LogP contribution in [0.2, 0.25) is 0 Å². The highest BCUT2D eigenvalue weighted by atomic mass is 16.5. The molecule has 0 aliphatic heterocycles. The molecule has 1 atom stereocenters. The molecule has 0 bridgehead atoms. The van der Waals surface area contributed by atoms with E-state index >= 15 is 0 Å². The number of ether oxygens (including phenoxy) is 1. The van der Waals surface area contributed by atoms with Gasteiger partial charge in [0.05, 0.1) is 12.3 Å². The molecule has 3 nitrogen and oxygen atoms in total. The fourth-order valence-electron chi connectivity index (χ4n) is 1.98. The summed E-state index contributed by atoms with van der Waals surface area (Å²) < 4.78 is 5.85. The van der Waals surface area contributed by atoms with Gasteiger partial charge in [0.25, 0.3) is 0 Å². The van der Waals surface area contributed by atoms with Crippen molar-refractivity contribution in [2.45, 2.75) is 46.5 Å². The lowest BCUT2D eigenvalue weighted by Crippen LogP contribution is -2.11. The van der Waals surface area contributed by atoms with Gasteiger partial charge < -0.3 is 9.94 Å². The third-order valence-corrected chi connectivity index (χ3v) is 3.43. The maximum Gasteiger partial charge on any atom is 0.119 e. The second-order valence-corrected chi connectivity index (χ2v) is 4.94. The van der Waals surface area contributed by atoms with Crippen molar-refractivity contribution in [1.29, 1.82) is 0 Å². The smallest absolute Gasteiger partial charge is 0.119 e. The average molecular weight is 263 g/mol. The number of nitrogens with zero attached hydrogens (tertiary/aromatic N) is 1. The topological polar surface area (TPSA) is 41.8 Å². The molecule has 0 saturated heterocycles. The zero-order valence-electron chi connectivity index (χ0n) is 12.2. The molecule has 0 spiro atoms. The highest BCUT2D eigenvalue weighted by molar-refractivity contribution is 5.98. The number of unbranched alkanes of at least 4 members (excludes halogenated alkanes) is 1. The molecule has 106 valence electrons. The van der Waals surface area contributed by atoms with Gasteiger partial charge in [-0.25, -0.2) is 0 Å². The summed E-state index contributed by atoms with van der Waals surface area (Å²) in [5.74, 6) is 1.46. The first-order valence-corrected chi connectivity index (χ1v) is 7.13. The van der Waals surface area contributed by atoms with Gasteiger partial charge in [0, 0.05) is 5.56 Å². The quantitative estimate of drug-likeness (QED) is 0.427. The third-order valence-electron chi connectivity index (χ3n) is 3.43. The van der Waals surface area contributed by atoms with Gasteiger partial charge in [-0.3, -0.25) is 0 Å². The largest absolute Gasteiger partial charge is 0.493 e. The number of hydrogen-bond acceptors (Lipinski definition) is 3. The lowest BCUT2D eigenvalue weighted by molar-refractivity contribution is 0.233. The van der Waals surface area contributed by atoms with E-state index in [1.165, 1.54) is 19.3 Å². The maximum absolute atomic E-state index is 8.78. The van der Waals surface area contributed by atoms with Crippen LogP contribution in [0.4, 0.5) is 0 Å². The van der Waals surface area contributed by atoms with E-state index in [1.54, 1.807) is 6.92 Å². The zero-order chi connectivity index (χ0) is 14.1. The van der Waals surface area contributed by atoms with E-state index in [2.05, 4.69) is 19.0 Å². The Hall–Kier alpha value is -1.51. The van der Waals surface area contributed by atoms with Crippen molar-refractivity contribution in [3.8, 4) is 5.75 Å². The average Bonchev–Trinajstić information content (AvgIpc) is 2.47. The lowest BCUT2D eigenvalue weighted by Gasteiger charge is -2.16. The van der Waals surface area contributed by atoms with Crippen LogP contribution in [0.15, 0.2) is 29.4 Å². The molecule has 1 unspecified atom stereocenters. The van der Waals surface area contributed by atoms with E-state index in [-0.39, 0.29) is 0 Å². The second-order valence-electron chi connectivity index (χ2n) is 4.94. The zero-order valence-corrected chi connectivity index (χ0v) is 12.2. The van der Waals surface area contributed by atoms with Gasteiger partial charge in [-0.2, -0.15) is 0 Å². The van der Waals surface area contributed by atoms with Gasteiger partial charge in [-0.1, -0.05) is 50.4 Å². The Bertz CT molecular complexity index is 401. The van der Waals surface area contributed by atoms with Crippen LogP contribution in [-0.4, -0.2) is 17.5 Å². The van der Waals surface area contributed by atoms with Crippen LogP contribution in [0.3, 0.4) is 0 Å². The lowest BCUT2D eigenvalue weighted by atomic mass is 10.0. The van der Waals surface area contributed by atoms with Crippen LogP contribution in [0, 0.1) is 5.92 Å². The minimum atomic E-state index is 0.600. The van der Waals surface area contributed by atoms with Crippen molar-refractivity contribution >= 4 is 5.71 Å². The minimum absolute atomic E-state index is 0.600. The summed E-state index contributed by atoms with van der Waals surface area (Å²) in [6.07, 6.45) is 4.87. The van der Waals surface area contributed by atoms with E-state index in [9.17, 15) is 0 Å². The molecule has 1 aromatic rings. The fraction of sp³-hybridized carbons (Fsp3) is 0.562. The summed E-state index contributed by atoms with van der Waals surface area (Å²) in [6, 6.07) is 7.70. The summed E-state index contributed by atoms with van der Waals surface area (Å²) in [6.45, 7) is 6.96. The fourth-order valence-corrected chi connectivity index (χ4v) is 1.98. The molecule has 0 radical (unpaired) electrons. The van der Waals surface area contributed by atoms with Crippen LogP contribution in [0.5, 0.6) is 5.75 Å². The van der Waals surface area contributed by atoms with Crippen molar-refractivity contribution in [2.75, 3.05) is 6.61 Å². The second kappa shape index (κ2) is 8.57. The van der Waals surface area contributed by atoms with E-state index in [0.29, 0.717) is 11.6 Å². The van der Waals surface area contributed by atoms with Gasteiger partial charge in [0.2, 0.25) is 0 Å². The van der Waals surface area contributed by atoms with Crippen molar-refractivity contribution < 1.29 is 9.94 Å². The molecule has 1 aromatic carbocycles. The molecule has 0 amide bonds. The third kappa shape index (κ3) is 5.33. The normalized spacial score (nSPS) is 13.3. The monoisotopic (exact) mass is 263 g/mol. The number of oxime groups is 1. The number of rotatable bonds is 8.